The van der Waals surface area contributed by atoms with Crippen LogP contribution < -0.4 is 5.32 Å². The van der Waals surface area contributed by atoms with Gasteiger partial charge in [0.25, 0.3) is 0 Å². The molecule has 1 aliphatic heterocycles. The van der Waals surface area contributed by atoms with Crippen molar-refractivity contribution >= 4 is 36.2 Å². The van der Waals surface area contributed by atoms with Crippen LogP contribution in [0.2, 0.25) is 0 Å². The molecule has 0 radical (unpaired) electrons. The molecule has 1 atom stereocenters. The van der Waals surface area contributed by atoms with Crippen LogP contribution in [0.4, 0.5) is 0 Å². The molecule has 0 aromatic carbocycles. The predicted molar refractivity (Wildman–Crippen MR) is 81.0 cm³/mol. The number of rotatable bonds is 3. The molecule has 1 N–H and O–H groups in total. The number of nitrogens with one attached hydrogen (secondary N) is 1. The minimum Gasteiger partial charge on any atom is -0.314 e. The van der Waals surface area contributed by atoms with Crippen molar-refractivity contribution < 1.29 is 0 Å². The molecule has 0 amide bonds. The third-order valence-electron chi connectivity index (χ3n) is 3.18. The first kappa shape index (κ1) is 17.2. The smallest absolute Gasteiger partial charge is 0.0442 e. The van der Waals surface area contributed by atoms with Gasteiger partial charge in [0.2, 0.25) is 0 Å². The molecule has 2 heterocycles. The van der Waals surface area contributed by atoms with Gasteiger partial charge >= 0.3 is 0 Å². The van der Waals surface area contributed by atoms with Gasteiger partial charge in [0.15, 0.2) is 0 Å². The maximum absolute atomic E-state index is 3.42. The lowest BCUT2D eigenvalue weighted by atomic mass is 10.1. The Labute approximate surface area is 121 Å². The number of halogens is 2. The minimum atomic E-state index is 0. The van der Waals surface area contributed by atoms with E-state index in [1.165, 1.54) is 25.1 Å². The largest absolute Gasteiger partial charge is 0.314 e. The average Bonchev–Trinajstić information content (AvgIpc) is 2.68. The van der Waals surface area contributed by atoms with Crippen LogP contribution in [0.5, 0.6) is 0 Å². The molecule has 1 aliphatic rings. The Morgan fingerprint density at radius 3 is 2.47 bits per heavy atom. The zero-order valence-electron chi connectivity index (χ0n) is 10.4. The van der Waals surface area contributed by atoms with Crippen molar-refractivity contribution in [2.24, 2.45) is 0 Å². The van der Waals surface area contributed by atoms with E-state index >= 15 is 0 Å². The van der Waals surface area contributed by atoms with Crippen LogP contribution in [-0.4, -0.2) is 31.1 Å². The summed E-state index contributed by atoms with van der Waals surface area (Å²) in [6, 6.07) is 2.89. The summed E-state index contributed by atoms with van der Waals surface area (Å²) < 4.78 is 0. The van der Waals surface area contributed by atoms with Crippen molar-refractivity contribution in [3.63, 3.8) is 0 Å². The molecule has 1 fully saturated rings. The fourth-order valence-corrected chi connectivity index (χ4v) is 3.47. The van der Waals surface area contributed by atoms with E-state index < -0.39 is 0 Å². The molecule has 100 valence electrons. The van der Waals surface area contributed by atoms with Gasteiger partial charge in [-0.25, -0.2) is 0 Å². The molecule has 0 saturated carbocycles. The second-order valence-electron chi connectivity index (χ2n) is 4.18. The molecular weight excluding hydrogens is 275 g/mol. The van der Waals surface area contributed by atoms with E-state index in [4.69, 9.17) is 0 Å². The molecule has 0 unspecified atom stereocenters. The second kappa shape index (κ2) is 8.33. The fourth-order valence-electron chi connectivity index (χ4n) is 2.33. The number of nitrogens with zero attached hydrogens (tertiary/aromatic N) is 1. The van der Waals surface area contributed by atoms with E-state index in [1.807, 2.05) is 11.3 Å². The molecule has 1 aromatic rings. The van der Waals surface area contributed by atoms with Crippen molar-refractivity contribution in [1.82, 2.24) is 10.2 Å². The van der Waals surface area contributed by atoms with Gasteiger partial charge in [-0.2, -0.15) is 0 Å². The summed E-state index contributed by atoms with van der Waals surface area (Å²) >= 11 is 1.91. The summed E-state index contributed by atoms with van der Waals surface area (Å²) in [7, 11) is 0. The lowest BCUT2D eigenvalue weighted by Crippen LogP contribution is -2.44. The Hall–Kier alpha value is 0.200. The van der Waals surface area contributed by atoms with E-state index in [-0.39, 0.29) is 24.8 Å². The first-order chi connectivity index (χ1) is 7.33. The van der Waals surface area contributed by atoms with Crippen LogP contribution in [0.3, 0.4) is 0 Å². The van der Waals surface area contributed by atoms with Gasteiger partial charge in [0.1, 0.15) is 0 Å². The van der Waals surface area contributed by atoms with Crippen LogP contribution >= 0.6 is 36.2 Å². The van der Waals surface area contributed by atoms with Crippen LogP contribution in [0, 0.1) is 6.92 Å². The lowest BCUT2D eigenvalue weighted by molar-refractivity contribution is 0.171. The summed E-state index contributed by atoms with van der Waals surface area (Å²) in [6.45, 7) is 9.19. The predicted octanol–water partition coefficient (Wildman–Crippen LogP) is 3.26. The van der Waals surface area contributed by atoms with Crippen LogP contribution in [0.25, 0.3) is 0 Å². The van der Waals surface area contributed by atoms with Gasteiger partial charge in [-0.3, -0.25) is 4.90 Å². The molecule has 2 nitrogen and oxygen atoms in total. The molecule has 0 aliphatic carbocycles. The minimum absolute atomic E-state index is 0. The lowest BCUT2D eigenvalue weighted by Gasteiger charge is -2.34. The van der Waals surface area contributed by atoms with E-state index in [2.05, 4.69) is 35.5 Å². The zero-order chi connectivity index (χ0) is 10.7. The normalized spacial score (nSPS) is 18.0. The monoisotopic (exact) mass is 296 g/mol. The van der Waals surface area contributed by atoms with E-state index in [0.29, 0.717) is 6.04 Å². The van der Waals surface area contributed by atoms with Crippen LogP contribution in [0.1, 0.15) is 29.8 Å². The third-order valence-corrected chi connectivity index (χ3v) is 4.30. The van der Waals surface area contributed by atoms with Crippen molar-refractivity contribution in [2.75, 3.05) is 26.2 Å². The highest BCUT2D eigenvalue weighted by Crippen LogP contribution is 2.31. The standard InChI is InChI=1S/C12H20N2S.2ClH/c1-3-11(12-10(2)4-9-15-12)14-7-5-13-6-8-14;;/h4,9,11,13H,3,5-8H2,1-2H3;2*1H/t11-;;/m0../s1. The van der Waals surface area contributed by atoms with Crippen molar-refractivity contribution in [1.29, 1.82) is 0 Å². The van der Waals surface area contributed by atoms with Gasteiger partial charge in [0, 0.05) is 37.1 Å². The molecule has 0 bridgehead atoms. The quantitative estimate of drug-likeness (QED) is 0.921. The highest BCUT2D eigenvalue weighted by molar-refractivity contribution is 7.10. The van der Waals surface area contributed by atoms with Gasteiger partial charge in [-0.05, 0) is 30.4 Å². The first-order valence-electron chi connectivity index (χ1n) is 5.81. The number of thiophene rings is 1. The molecule has 0 spiro atoms. The van der Waals surface area contributed by atoms with Gasteiger partial charge in [-0.15, -0.1) is 36.2 Å². The maximum Gasteiger partial charge on any atom is 0.0442 e. The Balaban J connectivity index is 0.00000128. The summed E-state index contributed by atoms with van der Waals surface area (Å²) in [6.07, 6.45) is 1.22. The van der Waals surface area contributed by atoms with Crippen molar-refractivity contribution in [2.45, 2.75) is 26.3 Å². The van der Waals surface area contributed by atoms with E-state index in [1.54, 1.807) is 4.88 Å². The van der Waals surface area contributed by atoms with Crippen LogP contribution in [0.15, 0.2) is 11.4 Å². The molecule has 1 saturated heterocycles. The van der Waals surface area contributed by atoms with Gasteiger partial charge in [-0.1, -0.05) is 6.92 Å². The highest BCUT2D eigenvalue weighted by Gasteiger charge is 2.22. The van der Waals surface area contributed by atoms with Gasteiger partial charge in [0.05, 0.1) is 0 Å². The third kappa shape index (κ3) is 4.11. The number of aryl methyl sites for hydroxylation is 1. The second-order valence-corrected chi connectivity index (χ2v) is 5.13. The molecule has 17 heavy (non-hydrogen) atoms. The number of hydrogen-bond donors (Lipinski definition) is 1. The van der Waals surface area contributed by atoms with E-state index in [0.717, 1.165) is 13.1 Å². The average molecular weight is 297 g/mol. The summed E-state index contributed by atoms with van der Waals surface area (Å²) in [5, 5.41) is 5.63. The molecule has 5 heteroatoms. The molecule has 2 rings (SSSR count). The summed E-state index contributed by atoms with van der Waals surface area (Å²) in [5.41, 5.74) is 1.46. The topological polar surface area (TPSA) is 15.3 Å². The first-order valence-corrected chi connectivity index (χ1v) is 6.69. The van der Waals surface area contributed by atoms with Crippen LogP contribution in [-0.2, 0) is 0 Å². The zero-order valence-corrected chi connectivity index (χ0v) is 12.9. The number of piperazine rings is 1. The van der Waals surface area contributed by atoms with Gasteiger partial charge < -0.3 is 5.32 Å². The summed E-state index contributed by atoms with van der Waals surface area (Å²) in [4.78, 5) is 4.19. The van der Waals surface area contributed by atoms with E-state index in [9.17, 15) is 0 Å². The maximum atomic E-state index is 3.42. The Kier molecular flexibility index (Phi) is 8.43. The Morgan fingerprint density at radius 1 is 1.35 bits per heavy atom. The molecular formula is C12H22Cl2N2S. The SMILES string of the molecule is CC[C@@H](c1sccc1C)N1CCNCC1.Cl.Cl. The summed E-state index contributed by atoms with van der Waals surface area (Å²) in [5.74, 6) is 0. The van der Waals surface area contributed by atoms with Crippen molar-refractivity contribution in [3.05, 3.63) is 21.9 Å². The highest BCUT2D eigenvalue weighted by atomic mass is 35.5. The molecule has 1 aromatic heterocycles. The fraction of sp³-hybridized carbons (Fsp3) is 0.667. The Morgan fingerprint density at radius 2 is 2.00 bits per heavy atom. The Bertz CT molecular complexity index is 311. The number of hydrogen-bond acceptors (Lipinski definition) is 3. The van der Waals surface area contributed by atoms with Crippen molar-refractivity contribution in [3.8, 4) is 0 Å².